The van der Waals surface area contributed by atoms with Crippen LogP contribution in [0.15, 0.2) is 218 Å². The highest BCUT2D eigenvalue weighted by Gasteiger charge is 2.42. The average molecular weight is 783 g/mol. The summed E-state index contributed by atoms with van der Waals surface area (Å²) < 4.78 is 4.98. The summed E-state index contributed by atoms with van der Waals surface area (Å²) in [5.41, 5.74) is 12.6. The molecule has 0 bridgehead atoms. The van der Waals surface area contributed by atoms with Gasteiger partial charge in [-0.15, -0.1) is 0 Å². The molecule has 0 saturated carbocycles. The van der Waals surface area contributed by atoms with Gasteiger partial charge in [0.05, 0.1) is 22.1 Å². The normalized spacial score (nSPS) is 13.3. The van der Waals surface area contributed by atoms with E-state index >= 15 is 0 Å². The average Bonchev–Trinajstić information content (AvgIpc) is 3.90. The van der Waals surface area contributed by atoms with Crippen LogP contribution in [0, 0.1) is 0 Å². The van der Waals surface area contributed by atoms with Crippen LogP contribution >= 0.6 is 0 Å². The molecule has 2 nitrogen and oxygen atoms in total. The van der Waals surface area contributed by atoms with Gasteiger partial charge in [0, 0.05) is 38.3 Å². The first kappa shape index (κ1) is 34.8. The molecule has 0 spiro atoms. The molecule has 0 radical (unpaired) electrons. The second-order valence-electron chi connectivity index (χ2n) is 16.9. The van der Waals surface area contributed by atoms with Crippen molar-refractivity contribution in [3.63, 3.8) is 0 Å². The molecule has 12 rings (SSSR count). The Morgan fingerprint density at radius 3 is 1.30 bits per heavy atom. The third-order valence-corrected chi connectivity index (χ3v) is 18.2. The third kappa shape index (κ3) is 4.87. The van der Waals surface area contributed by atoms with E-state index in [1.807, 2.05) is 0 Å². The number of para-hydroxylation sites is 3. The molecule has 0 atom stereocenters. The first-order chi connectivity index (χ1) is 29.5. The van der Waals surface area contributed by atoms with E-state index in [0.717, 1.165) is 0 Å². The first-order valence-corrected chi connectivity index (χ1v) is 23.0. The zero-order valence-electron chi connectivity index (χ0n) is 33.7. The molecule has 2 aromatic heterocycles. The second kappa shape index (κ2) is 13.2. The fourth-order valence-electron chi connectivity index (χ4n) is 10.8. The lowest BCUT2D eigenvalue weighted by atomic mass is 9.82. The first-order valence-electron chi connectivity index (χ1n) is 21.0. The summed E-state index contributed by atoms with van der Waals surface area (Å²) in [6.45, 7) is 4.76. The number of nitrogens with zero attached hydrogens (tertiary/aromatic N) is 2. The van der Waals surface area contributed by atoms with Gasteiger partial charge < -0.3 is 9.13 Å². The van der Waals surface area contributed by atoms with Crippen LogP contribution in [0.3, 0.4) is 0 Å². The Balaban J connectivity index is 1.14. The Kier molecular flexibility index (Phi) is 7.63. The predicted octanol–water partition coefficient (Wildman–Crippen LogP) is 11.6. The number of fused-ring (bicyclic) bond motifs is 9. The molecule has 0 fully saturated rings. The minimum absolute atomic E-state index is 0.104. The Morgan fingerprint density at radius 2 is 0.750 bits per heavy atom. The Labute approximate surface area is 351 Å². The lowest BCUT2D eigenvalue weighted by Gasteiger charge is -2.35. The van der Waals surface area contributed by atoms with Crippen molar-refractivity contribution in [3.05, 3.63) is 230 Å². The van der Waals surface area contributed by atoms with Crippen molar-refractivity contribution in [2.45, 2.75) is 19.3 Å². The van der Waals surface area contributed by atoms with E-state index in [-0.39, 0.29) is 5.41 Å². The highest BCUT2D eigenvalue weighted by Crippen LogP contribution is 2.51. The fourth-order valence-corrected chi connectivity index (χ4v) is 15.6. The summed E-state index contributed by atoms with van der Waals surface area (Å²) in [6.07, 6.45) is 0. The van der Waals surface area contributed by atoms with Crippen molar-refractivity contribution in [1.82, 2.24) is 9.13 Å². The van der Waals surface area contributed by atoms with Gasteiger partial charge in [0.2, 0.25) is 0 Å². The molecule has 0 saturated heterocycles. The Hall–Kier alpha value is -7.20. The van der Waals surface area contributed by atoms with E-state index in [1.54, 1.807) is 0 Å². The predicted molar refractivity (Wildman–Crippen MR) is 256 cm³/mol. The molecular weight excluding hydrogens is 741 g/mol. The molecule has 1 aliphatic carbocycles. The minimum atomic E-state index is -2.97. The van der Waals surface area contributed by atoms with Gasteiger partial charge in [-0.1, -0.05) is 178 Å². The summed E-state index contributed by atoms with van der Waals surface area (Å²) in [7, 11) is -2.97. The summed E-state index contributed by atoms with van der Waals surface area (Å²) in [5, 5.41) is 10.5. The van der Waals surface area contributed by atoms with Gasteiger partial charge in [-0.3, -0.25) is 0 Å². The Bertz CT molecular complexity index is 3370. The molecule has 3 heteroatoms. The Morgan fingerprint density at radius 1 is 0.317 bits per heavy atom. The number of rotatable bonds is 6. The molecule has 60 heavy (non-hydrogen) atoms. The highest BCUT2D eigenvalue weighted by molar-refractivity contribution is 7.20. The van der Waals surface area contributed by atoms with Gasteiger partial charge in [-0.05, 0) is 97.6 Å². The van der Waals surface area contributed by atoms with Crippen LogP contribution in [0.5, 0.6) is 0 Å². The van der Waals surface area contributed by atoms with Gasteiger partial charge in [-0.2, -0.15) is 0 Å². The maximum absolute atomic E-state index is 2.97. The van der Waals surface area contributed by atoms with Crippen LogP contribution < -0.4 is 20.7 Å². The molecule has 284 valence electrons. The molecule has 11 aromatic rings. The molecule has 0 unspecified atom stereocenters. The van der Waals surface area contributed by atoms with Crippen molar-refractivity contribution in [3.8, 4) is 22.5 Å². The maximum Gasteiger partial charge on any atom is 0.179 e. The standard InChI is InChI=1S/C57H42N2Si/c1-57(2)51-31-13-9-27-45(51)49-37-50-48-30-12-16-34-55(48)59(56(50)38-52(49)57)40-20-18-26-44(36-40)60(41-21-5-3-6-22-41,42-23-7-4-8-24-42)43-25-17-19-39(35-43)58-53-32-14-10-28-46(53)47-29-11-15-33-54(47)58/h3-38H,1-2H3. The van der Waals surface area contributed by atoms with E-state index in [9.17, 15) is 0 Å². The van der Waals surface area contributed by atoms with Crippen LogP contribution in [0.2, 0.25) is 0 Å². The SMILES string of the molecule is CC1(C)c2ccccc2-c2cc3c4ccccc4n(-c4cccc([Si](c5ccccc5)(c5ccccc5)c5cccc(-n6c7ccccc7c7ccccc76)c5)c4)c3cc21. The van der Waals surface area contributed by atoms with E-state index in [2.05, 4.69) is 241 Å². The topological polar surface area (TPSA) is 9.86 Å². The van der Waals surface area contributed by atoms with Crippen molar-refractivity contribution in [2.75, 3.05) is 0 Å². The van der Waals surface area contributed by atoms with Crippen LogP contribution in [-0.4, -0.2) is 17.2 Å². The summed E-state index contributed by atoms with van der Waals surface area (Å²) >= 11 is 0. The van der Waals surface area contributed by atoms with Gasteiger partial charge in [-0.25, -0.2) is 0 Å². The molecule has 0 aliphatic heterocycles. The monoisotopic (exact) mass is 782 g/mol. The van der Waals surface area contributed by atoms with Crippen molar-refractivity contribution >= 4 is 72.4 Å². The quantitative estimate of drug-likeness (QED) is 0.117. The van der Waals surface area contributed by atoms with Crippen LogP contribution in [-0.2, 0) is 5.41 Å². The largest absolute Gasteiger partial charge is 0.309 e. The number of aromatic nitrogens is 2. The molecule has 1 aliphatic rings. The molecule has 0 N–H and O–H groups in total. The van der Waals surface area contributed by atoms with Crippen LogP contribution in [0.4, 0.5) is 0 Å². The van der Waals surface area contributed by atoms with Crippen molar-refractivity contribution in [2.24, 2.45) is 0 Å². The molecular formula is C57H42N2Si. The third-order valence-electron chi connectivity index (χ3n) is 13.4. The van der Waals surface area contributed by atoms with Gasteiger partial charge in [0.25, 0.3) is 0 Å². The van der Waals surface area contributed by atoms with Crippen molar-refractivity contribution < 1.29 is 0 Å². The highest BCUT2D eigenvalue weighted by atomic mass is 28.3. The molecule has 2 heterocycles. The molecule has 0 amide bonds. The molecule has 9 aromatic carbocycles. The summed E-state index contributed by atoms with van der Waals surface area (Å²) in [5.74, 6) is 0. The van der Waals surface area contributed by atoms with E-state index < -0.39 is 8.07 Å². The van der Waals surface area contributed by atoms with Crippen molar-refractivity contribution in [1.29, 1.82) is 0 Å². The summed E-state index contributed by atoms with van der Waals surface area (Å²) in [6, 6.07) is 82.1. The number of hydrogen-bond donors (Lipinski definition) is 0. The number of hydrogen-bond acceptors (Lipinski definition) is 0. The summed E-state index contributed by atoms with van der Waals surface area (Å²) in [4.78, 5) is 0. The fraction of sp³-hybridized carbons (Fsp3) is 0.0526. The minimum Gasteiger partial charge on any atom is -0.309 e. The van der Waals surface area contributed by atoms with E-state index in [1.165, 1.54) is 98.0 Å². The smallest absolute Gasteiger partial charge is 0.179 e. The zero-order chi connectivity index (χ0) is 40.0. The van der Waals surface area contributed by atoms with E-state index in [4.69, 9.17) is 0 Å². The lowest BCUT2D eigenvalue weighted by Crippen LogP contribution is -2.74. The maximum atomic E-state index is 2.52. The van der Waals surface area contributed by atoms with Crippen LogP contribution in [0.25, 0.3) is 66.1 Å². The van der Waals surface area contributed by atoms with Gasteiger partial charge >= 0.3 is 0 Å². The lowest BCUT2D eigenvalue weighted by molar-refractivity contribution is 0.661. The van der Waals surface area contributed by atoms with E-state index in [0.29, 0.717) is 0 Å². The second-order valence-corrected chi connectivity index (χ2v) is 20.7. The zero-order valence-corrected chi connectivity index (χ0v) is 34.7. The van der Waals surface area contributed by atoms with Gasteiger partial charge in [0.1, 0.15) is 0 Å². The number of benzene rings is 9. The van der Waals surface area contributed by atoms with Crippen LogP contribution in [0.1, 0.15) is 25.0 Å². The van der Waals surface area contributed by atoms with Gasteiger partial charge in [0.15, 0.2) is 8.07 Å².